The van der Waals surface area contributed by atoms with Crippen molar-refractivity contribution in [2.75, 3.05) is 0 Å². The Morgan fingerprint density at radius 3 is 2.73 bits per heavy atom. The molecule has 0 aliphatic rings. The molecule has 84 valence electrons. The number of rotatable bonds is 5. The fraction of sp³-hybridized carbons (Fsp3) is 0.583. The van der Waals surface area contributed by atoms with Crippen LogP contribution in [-0.4, -0.2) is 11.9 Å². The van der Waals surface area contributed by atoms with Crippen molar-refractivity contribution in [1.82, 2.24) is 5.32 Å². The number of carbonyl (C=O) groups excluding carboxylic acids is 1. The van der Waals surface area contributed by atoms with E-state index in [1.807, 2.05) is 26.8 Å². The average molecular weight is 209 g/mol. The molecule has 0 saturated heterocycles. The number of furan rings is 1. The molecular formula is C12H19NO2. The number of hydrogen-bond acceptors (Lipinski definition) is 2. The maximum atomic E-state index is 11.5. The highest BCUT2D eigenvalue weighted by Crippen LogP contribution is 2.05. The predicted octanol–water partition coefficient (Wildman–Crippen LogP) is 2.37. The highest BCUT2D eigenvalue weighted by atomic mass is 16.3. The molecule has 0 radical (unpaired) electrons. The summed E-state index contributed by atoms with van der Waals surface area (Å²) in [5, 5.41) is 2.97. The molecule has 0 aliphatic carbocycles. The summed E-state index contributed by atoms with van der Waals surface area (Å²) in [5.41, 5.74) is 1.12. The Labute approximate surface area is 90.9 Å². The third kappa shape index (κ3) is 4.68. The Kier molecular flexibility index (Phi) is 4.40. The van der Waals surface area contributed by atoms with Gasteiger partial charge in [0, 0.05) is 12.5 Å². The standard InChI is InChI=1S/C12H19NO2/c1-9(2)6-12(14)13-10(3)7-11-4-5-15-8-11/h4-5,8-10H,6-7H2,1-3H3,(H,13,14). The molecule has 3 heteroatoms. The van der Waals surface area contributed by atoms with Crippen molar-refractivity contribution in [3.63, 3.8) is 0 Å². The van der Waals surface area contributed by atoms with Crippen LogP contribution in [0.1, 0.15) is 32.8 Å². The van der Waals surface area contributed by atoms with Crippen LogP contribution in [-0.2, 0) is 11.2 Å². The molecule has 0 spiro atoms. The van der Waals surface area contributed by atoms with Crippen LogP contribution in [0.15, 0.2) is 23.0 Å². The van der Waals surface area contributed by atoms with E-state index in [1.165, 1.54) is 0 Å². The van der Waals surface area contributed by atoms with Crippen LogP contribution in [0.2, 0.25) is 0 Å². The smallest absolute Gasteiger partial charge is 0.220 e. The van der Waals surface area contributed by atoms with E-state index in [-0.39, 0.29) is 11.9 Å². The Balaban J connectivity index is 2.29. The Morgan fingerprint density at radius 1 is 1.47 bits per heavy atom. The minimum atomic E-state index is 0.126. The van der Waals surface area contributed by atoms with E-state index >= 15 is 0 Å². The zero-order valence-corrected chi connectivity index (χ0v) is 9.62. The molecule has 3 nitrogen and oxygen atoms in total. The molecule has 0 fully saturated rings. The quantitative estimate of drug-likeness (QED) is 0.809. The van der Waals surface area contributed by atoms with E-state index < -0.39 is 0 Å². The Morgan fingerprint density at radius 2 is 2.20 bits per heavy atom. The van der Waals surface area contributed by atoms with E-state index in [0.29, 0.717) is 12.3 Å². The second-order valence-corrected chi connectivity index (χ2v) is 4.40. The van der Waals surface area contributed by atoms with Crippen molar-refractivity contribution < 1.29 is 9.21 Å². The SMILES string of the molecule is CC(C)CC(=O)NC(C)Cc1ccoc1. The molecule has 1 unspecified atom stereocenters. The molecule has 0 saturated carbocycles. The summed E-state index contributed by atoms with van der Waals surface area (Å²) in [7, 11) is 0. The van der Waals surface area contributed by atoms with Gasteiger partial charge in [0.15, 0.2) is 0 Å². The van der Waals surface area contributed by atoms with E-state index in [2.05, 4.69) is 5.32 Å². The summed E-state index contributed by atoms with van der Waals surface area (Å²) in [4.78, 5) is 11.5. The molecule has 15 heavy (non-hydrogen) atoms. The lowest BCUT2D eigenvalue weighted by atomic mass is 10.1. The molecule has 0 bridgehead atoms. The van der Waals surface area contributed by atoms with Crippen molar-refractivity contribution in [3.8, 4) is 0 Å². The normalized spacial score (nSPS) is 12.8. The van der Waals surface area contributed by atoms with Gasteiger partial charge < -0.3 is 9.73 Å². The first-order chi connectivity index (χ1) is 7.08. The summed E-state index contributed by atoms with van der Waals surface area (Å²) in [6.45, 7) is 6.09. The van der Waals surface area contributed by atoms with Crippen molar-refractivity contribution in [2.45, 2.75) is 39.7 Å². The van der Waals surface area contributed by atoms with Crippen molar-refractivity contribution in [1.29, 1.82) is 0 Å². The van der Waals surface area contributed by atoms with Gasteiger partial charge in [0.05, 0.1) is 12.5 Å². The third-order valence-electron chi connectivity index (χ3n) is 2.12. The van der Waals surface area contributed by atoms with E-state index in [0.717, 1.165) is 12.0 Å². The summed E-state index contributed by atoms with van der Waals surface area (Å²) < 4.78 is 4.97. The summed E-state index contributed by atoms with van der Waals surface area (Å²) in [5.74, 6) is 0.534. The predicted molar refractivity (Wildman–Crippen MR) is 59.5 cm³/mol. The third-order valence-corrected chi connectivity index (χ3v) is 2.12. The highest BCUT2D eigenvalue weighted by molar-refractivity contribution is 5.76. The first-order valence-electron chi connectivity index (χ1n) is 5.38. The maximum Gasteiger partial charge on any atom is 0.220 e. The second-order valence-electron chi connectivity index (χ2n) is 4.40. The number of nitrogens with one attached hydrogen (secondary N) is 1. The molecule has 1 atom stereocenters. The van der Waals surface area contributed by atoms with Crippen molar-refractivity contribution in [3.05, 3.63) is 24.2 Å². The van der Waals surface area contributed by atoms with E-state index in [4.69, 9.17) is 4.42 Å². The Bertz CT molecular complexity index is 291. The molecule has 1 heterocycles. The van der Waals surface area contributed by atoms with Gasteiger partial charge in [-0.05, 0) is 30.9 Å². The number of hydrogen-bond donors (Lipinski definition) is 1. The van der Waals surface area contributed by atoms with Crippen LogP contribution >= 0.6 is 0 Å². The van der Waals surface area contributed by atoms with Gasteiger partial charge >= 0.3 is 0 Å². The molecule has 1 N–H and O–H groups in total. The first-order valence-corrected chi connectivity index (χ1v) is 5.38. The van der Waals surface area contributed by atoms with Crippen molar-refractivity contribution >= 4 is 5.91 Å². The Hall–Kier alpha value is -1.25. The molecule has 1 aromatic rings. The molecule has 0 aliphatic heterocycles. The van der Waals surface area contributed by atoms with Gasteiger partial charge in [0.2, 0.25) is 5.91 Å². The monoisotopic (exact) mass is 209 g/mol. The van der Waals surface area contributed by atoms with Gasteiger partial charge in [0.25, 0.3) is 0 Å². The van der Waals surface area contributed by atoms with Gasteiger partial charge in [-0.2, -0.15) is 0 Å². The number of carbonyl (C=O) groups is 1. The van der Waals surface area contributed by atoms with Crippen LogP contribution in [0.3, 0.4) is 0 Å². The van der Waals surface area contributed by atoms with Gasteiger partial charge in [-0.1, -0.05) is 13.8 Å². The first kappa shape index (κ1) is 11.8. The van der Waals surface area contributed by atoms with Crippen LogP contribution < -0.4 is 5.32 Å². The van der Waals surface area contributed by atoms with Gasteiger partial charge in [-0.15, -0.1) is 0 Å². The lowest BCUT2D eigenvalue weighted by Crippen LogP contribution is -2.34. The van der Waals surface area contributed by atoms with Crippen LogP contribution in [0.4, 0.5) is 0 Å². The highest BCUT2D eigenvalue weighted by Gasteiger charge is 2.09. The van der Waals surface area contributed by atoms with Crippen LogP contribution in [0.25, 0.3) is 0 Å². The topological polar surface area (TPSA) is 42.2 Å². The summed E-state index contributed by atoms with van der Waals surface area (Å²) >= 11 is 0. The molecule has 1 aromatic heterocycles. The summed E-state index contributed by atoms with van der Waals surface area (Å²) in [6.07, 6.45) is 4.78. The zero-order valence-electron chi connectivity index (χ0n) is 9.62. The fourth-order valence-electron chi connectivity index (χ4n) is 1.52. The molecule has 1 rings (SSSR count). The van der Waals surface area contributed by atoms with Crippen LogP contribution in [0.5, 0.6) is 0 Å². The van der Waals surface area contributed by atoms with Gasteiger partial charge in [-0.3, -0.25) is 4.79 Å². The van der Waals surface area contributed by atoms with Gasteiger partial charge in [0.1, 0.15) is 0 Å². The maximum absolute atomic E-state index is 11.5. The lowest BCUT2D eigenvalue weighted by molar-refractivity contribution is -0.122. The average Bonchev–Trinajstić information content (AvgIpc) is 2.53. The minimum Gasteiger partial charge on any atom is -0.472 e. The lowest BCUT2D eigenvalue weighted by Gasteiger charge is -2.13. The largest absolute Gasteiger partial charge is 0.472 e. The molecule has 1 amide bonds. The van der Waals surface area contributed by atoms with Crippen LogP contribution in [0, 0.1) is 5.92 Å². The second kappa shape index (κ2) is 5.59. The molecule has 0 aromatic carbocycles. The van der Waals surface area contributed by atoms with E-state index in [9.17, 15) is 4.79 Å². The zero-order chi connectivity index (χ0) is 11.3. The van der Waals surface area contributed by atoms with Crippen molar-refractivity contribution in [2.24, 2.45) is 5.92 Å². The summed E-state index contributed by atoms with van der Waals surface area (Å²) in [6, 6.07) is 2.08. The minimum absolute atomic E-state index is 0.126. The number of amides is 1. The fourth-order valence-corrected chi connectivity index (χ4v) is 1.52. The molecular weight excluding hydrogens is 190 g/mol. The van der Waals surface area contributed by atoms with E-state index in [1.54, 1.807) is 12.5 Å². The van der Waals surface area contributed by atoms with Gasteiger partial charge in [-0.25, -0.2) is 0 Å².